The molecule has 0 saturated heterocycles. The average molecular weight is 366 g/mol. The van der Waals surface area contributed by atoms with Gasteiger partial charge >= 0.3 is 0 Å². The van der Waals surface area contributed by atoms with Gasteiger partial charge < -0.3 is 0 Å². The quantitative estimate of drug-likeness (QED) is 0.358. The van der Waals surface area contributed by atoms with Crippen molar-refractivity contribution in [2.24, 2.45) is 0 Å². The number of ketones is 1. The maximum atomic E-state index is 12.5. The Kier molecular flexibility index (Phi) is 4.39. The number of nitro groups is 1. The van der Waals surface area contributed by atoms with Crippen molar-refractivity contribution >= 4 is 23.3 Å². The number of Topliss-reactive ketones (excluding diaryl/α,β-unsaturated/α-hetero) is 1. The number of benzene rings is 2. The summed E-state index contributed by atoms with van der Waals surface area (Å²) in [5, 5.41) is 11.1. The Bertz CT molecular complexity index is 971. The first-order valence-electron chi connectivity index (χ1n) is 8.38. The summed E-state index contributed by atoms with van der Waals surface area (Å²) in [6, 6.07) is 10.8. The van der Waals surface area contributed by atoms with Crippen molar-refractivity contribution in [3.05, 3.63) is 74.8 Å². The van der Waals surface area contributed by atoms with Crippen molar-refractivity contribution in [1.82, 2.24) is 4.90 Å². The molecule has 3 rings (SSSR count). The fourth-order valence-corrected chi connectivity index (χ4v) is 3.00. The number of imide groups is 1. The molecular weight excluding hydrogens is 348 g/mol. The molecule has 0 N–H and O–H groups in total. The van der Waals surface area contributed by atoms with Crippen LogP contribution in [0.15, 0.2) is 42.5 Å². The minimum absolute atomic E-state index is 0.0509. The summed E-state index contributed by atoms with van der Waals surface area (Å²) >= 11 is 0. The van der Waals surface area contributed by atoms with Crippen LogP contribution in [-0.2, 0) is 5.41 Å². The van der Waals surface area contributed by atoms with Gasteiger partial charge in [-0.3, -0.25) is 29.4 Å². The van der Waals surface area contributed by atoms with Gasteiger partial charge in [-0.25, -0.2) is 0 Å². The van der Waals surface area contributed by atoms with Gasteiger partial charge in [0.05, 0.1) is 17.0 Å². The number of rotatable bonds is 4. The highest BCUT2D eigenvalue weighted by Gasteiger charge is 2.41. The van der Waals surface area contributed by atoms with E-state index < -0.39 is 34.8 Å². The van der Waals surface area contributed by atoms with Crippen LogP contribution < -0.4 is 0 Å². The van der Waals surface area contributed by atoms with Crippen LogP contribution >= 0.6 is 0 Å². The lowest BCUT2D eigenvalue weighted by molar-refractivity contribution is -0.385. The molecule has 0 fully saturated rings. The third-order valence-electron chi connectivity index (χ3n) is 4.55. The molecule has 0 bridgehead atoms. The number of amides is 2. The van der Waals surface area contributed by atoms with E-state index in [-0.39, 0.29) is 16.5 Å². The first-order valence-corrected chi connectivity index (χ1v) is 8.38. The van der Waals surface area contributed by atoms with Crippen molar-refractivity contribution in [2.45, 2.75) is 26.2 Å². The molecule has 2 amide bonds. The Morgan fingerprint density at radius 1 is 1.04 bits per heavy atom. The van der Waals surface area contributed by atoms with Gasteiger partial charge in [-0.1, -0.05) is 51.1 Å². The number of carbonyl (C=O) groups excluding carboxylic acids is 3. The van der Waals surface area contributed by atoms with E-state index in [0.717, 1.165) is 10.5 Å². The first-order chi connectivity index (χ1) is 12.6. The summed E-state index contributed by atoms with van der Waals surface area (Å²) in [6.45, 7) is 5.69. The summed E-state index contributed by atoms with van der Waals surface area (Å²) in [5.41, 5.74) is 0.608. The number of hydrogen-bond donors (Lipinski definition) is 0. The zero-order valence-electron chi connectivity index (χ0n) is 15.2. The van der Waals surface area contributed by atoms with Crippen LogP contribution in [-0.4, -0.2) is 34.0 Å². The fourth-order valence-electron chi connectivity index (χ4n) is 3.00. The van der Waals surface area contributed by atoms with Crippen LogP contribution in [0.3, 0.4) is 0 Å². The molecule has 0 spiro atoms. The largest absolute Gasteiger partial charge is 0.292 e. The SMILES string of the molecule is CC(C)(C)c1ccc(C(=O)CN2C(=O)c3cccc([N+](=O)[O-])c3C2=O)cc1. The molecule has 0 unspecified atom stereocenters. The summed E-state index contributed by atoms with van der Waals surface area (Å²) in [6.07, 6.45) is 0. The van der Waals surface area contributed by atoms with Gasteiger partial charge in [-0.05, 0) is 17.0 Å². The minimum atomic E-state index is -0.818. The second-order valence-electron chi connectivity index (χ2n) is 7.40. The van der Waals surface area contributed by atoms with Gasteiger partial charge in [0.25, 0.3) is 17.5 Å². The van der Waals surface area contributed by atoms with Crippen LogP contribution in [0.1, 0.15) is 57.4 Å². The van der Waals surface area contributed by atoms with Crippen molar-refractivity contribution in [1.29, 1.82) is 0 Å². The molecule has 0 saturated carbocycles. The highest BCUT2D eigenvalue weighted by molar-refractivity contribution is 6.24. The Balaban J connectivity index is 1.85. The van der Waals surface area contributed by atoms with E-state index in [0.29, 0.717) is 5.56 Å². The lowest BCUT2D eigenvalue weighted by Crippen LogP contribution is -2.35. The Morgan fingerprint density at radius 2 is 1.67 bits per heavy atom. The molecule has 7 heteroatoms. The van der Waals surface area contributed by atoms with Crippen LogP contribution in [0.25, 0.3) is 0 Å². The molecule has 1 aliphatic heterocycles. The van der Waals surface area contributed by atoms with Crippen LogP contribution in [0.4, 0.5) is 5.69 Å². The molecule has 0 atom stereocenters. The molecule has 138 valence electrons. The molecule has 27 heavy (non-hydrogen) atoms. The molecule has 7 nitrogen and oxygen atoms in total. The smallest absolute Gasteiger partial charge is 0.282 e. The summed E-state index contributed by atoms with van der Waals surface area (Å²) in [7, 11) is 0. The standard InChI is InChI=1S/C20H18N2O5/c1-20(2,3)13-9-7-12(8-10-13)16(23)11-21-18(24)14-5-4-6-15(22(26)27)17(14)19(21)25/h4-10H,11H2,1-3H3. The summed E-state index contributed by atoms with van der Waals surface area (Å²) in [5.74, 6) is -1.92. The van der Waals surface area contributed by atoms with Gasteiger partial charge in [-0.15, -0.1) is 0 Å². The van der Waals surface area contributed by atoms with Crippen molar-refractivity contribution < 1.29 is 19.3 Å². The second kappa shape index (κ2) is 6.42. The second-order valence-corrected chi connectivity index (χ2v) is 7.40. The topological polar surface area (TPSA) is 97.6 Å². The number of carbonyl (C=O) groups is 3. The minimum Gasteiger partial charge on any atom is -0.292 e. The number of hydrogen-bond acceptors (Lipinski definition) is 5. The van der Waals surface area contributed by atoms with E-state index in [1.165, 1.54) is 18.2 Å². The first kappa shape index (κ1) is 18.4. The molecule has 0 radical (unpaired) electrons. The fraction of sp³-hybridized carbons (Fsp3) is 0.250. The van der Waals surface area contributed by atoms with E-state index in [2.05, 4.69) is 20.8 Å². The number of nitro benzene ring substituents is 1. The highest BCUT2D eigenvalue weighted by Crippen LogP contribution is 2.31. The van der Waals surface area contributed by atoms with Gasteiger partial charge in [0, 0.05) is 11.6 Å². The number of nitrogens with zero attached hydrogens (tertiary/aromatic N) is 2. The van der Waals surface area contributed by atoms with Crippen molar-refractivity contribution in [3.63, 3.8) is 0 Å². The maximum absolute atomic E-state index is 12.5. The van der Waals surface area contributed by atoms with E-state index in [9.17, 15) is 24.5 Å². The van der Waals surface area contributed by atoms with E-state index in [1.807, 2.05) is 12.1 Å². The Hall–Kier alpha value is -3.35. The third-order valence-corrected chi connectivity index (χ3v) is 4.55. The zero-order valence-corrected chi connectivity index (χ0v) is 15.2. The van der Waals surface area contributed by atoms with Crippen molar-refractivity contribution in [3.8, 4) is 0 Å². The lowest BCUT2D eigenvalue weighted by atomic mass is 9.86. The van der Waals surface area contributed by atoms with E-state index in [1.54, 1.807) is 12.1 Å². The zero-order chi connectivity index (χ0) is 19.9. The van der Waals surface area contributed by atoms with Gasteiger partial charge in [-0.2, -0.15) is 0 Å². The highest BCUT2D eigenvalue weighted by atomic mass is 16.6. The molecule has 2 aromatic carbocycles. The Morgan fingerprint density at radius 3 is 2.22 bits per heavy atom. The molecule has 2 aromatic rings. The van der Waals surface area contributed by atoms with Crippen LogP contribution in [0, 0.1) is 10.1 Å². The Labute approximate surface area is 155 Å². The van der Waals surface area contributed by atoms with Gasteiger partial charge in [0.2, 0.25) is 0 Å². The maximum Gasteiger partial charge on any atom is 0.282 e. The van der Waals surface area contributed by atoms with Crippen LogP contribution in [0.2, 0.25) is 0 Å². The predicted octanol–water partition coefficient (Wildman–Crippen LogP) is 3.37. The van der Waals surface area contributed by atoms with Gasteiger partial charge in [0.1, 0.15) is 5.56 Å². The molecule has 1 heterocycles. The monoisotopic (exact) mass is 366 g/mol. The molecule has 0 aliphatic carbocycles. The van der Waals surface area contributed by atoms with E-state index in [4.69, 9.17) is 0 Å². The molecular formula is C20H18N2O5. The lowest BCUT2D eigenvalue weighted by Gasteiger charge is -2.19. The van der Waals surface area contributed by atoms with Crippen molar-refractivity contribution in [2.75, 3.05) is 6.54 Å². The normalized spacial score (nSPS) is 13.7. The third kappa shape index (κ3) is 3.23. The average Bonchev–Trinajstić information content (AvgIpc) is 2.86. The molecule has 1 aliphatic rings. The van der Waals surface area contributed by atoms with Gasteiger partial charge in [0.15, 0.2) is 5.78 Å². The molecule has 0 aromatic heterocycles. The predicted molar refractivity (Wildman–Crippen MR) is 97.9 cm³/mol. The summed E-state index contributed by atoms with van der Waals surface area (Å²) in [4.78, 5) is 48.7. The summed E-state index contributed by atoms with van der Waals surface area (Å²) < 4.78 is 0. The van der Waals surface area contributed by atoms with Crippen LogP contribution in [0.5, 0.6) is 0 Å². The van der Waals surface area contributed by atoms with E-state index >= 15 is 0 Å². The number of fused-ring (bicyclic) bond motifs is 1.